The maximum atomic E-state index is 13.2. The van der Waals surface area contributed by atoms with Crippen molar-refractivity contribution in [1.29, 1.82) is 0 Å². The van der Waals surface area contributed by atoms with Gasteiger partial charge in [-0.05, 0) is 57.4 Å². The lowest BCUT2D eigenvalue weighted by Crippen LogP contribution is -2.53. The predicted molar refractivity (Wildman–Crippen MR) is 134 cm³/mol. The van der Waals surface area contributed by atoms with Crippen LogP contribution in [0.3, 0.4) is 0 Å². The van der Waals surface area contributed by atoms with E-state index in [1.54, 1.807) is 16.7 Å². The van der Waals surface area contributed by atoms with Gasteiger partial charge in [0.1, 0.15) is 6.04 Å². The number of aryl methyl sites for hydroxylation is 1. The number of rotatable bonds is 9. The molecule has 1 atom stereocenters. The Kier molecular flexibility index (Phi) is 9.63. The number of nitrogens with zero attached hydrogens (tertiary/aromatic N) is 1. The maximum Gasteiger partial charge on any atom is 0.243 e. The van der Waals surface area contributed by atoms with Crippen LogP contribution in [-0.2, 0) is 21.9 Å². The molecule has 0 spiro atoms. The summed E-state index contributed by atoms with van der Waals surface area (Å²) < 4.78 is 1.04. The number of halogens is 1. The molecule has 2 aromatic rings. The van der Waals surface area contributed by atoms with Crippen molar-refractivity contribution in [3.8, 4) is 0 Å². The molecule has 0 unspecified atom stereocenters. The van der Waals surface area contributed by atoms with Gasteiger partial charge in [-0.15, -0.1) is 11.8 Å². The fourth-order valence-corrected chi connectivity index (χ4v) is 4.32. The molecule has 0 aliphatic carbocycles. The first-order valence-corrected chi connectivity index (χ1v) is 12.5. The van der Waals surface area contributed by atoms with Gasteiger partial charge in [0, 0.05) is 22.3 Å². The van der Waals surface area contributed by atoms with Crippen molar-refractivity contribution >= 4 is 39.5 Å². The molecule has 0 aliphatic rings. The summed E-state index contributed by atoms with van der Waals surface area (Å²) in [6.45, 7) is 10.3. The molecular weight excluding hydrogens is 472 g/mol. The van der Waals surface area contributed by atoms with E-state index in [1.165, 1.54) is 11.1 Å². The van der Waals surface area contributed by atoms with Gasteiger partial charge in [0.25, 0.3) is 0 Å². The Bertz CT molecular complexity index is 861. The number of benzene rings is 2. The number of carbonyl (C=O) groups excluding carboxylic acids is 2. The fraction of sp³-hybridized carbons (Fsp3) is 0.440. The van der Waals surface area contributed by atoms with Crippen LogP contribution in [0.5, 0.6) is 0 Å². The third-order valence-corrected chi connectivity index (χ3v) is 6.28. The van der Waals surface area contributed by atoms with Gasteiger partial charge in [-0.2, -0.15) is 0 Å². The van der Waals surface area contributed by atoms with Crippen molar-refractivity contribution < 1.29 is 9.59 Å². The van der Waals surface area contributed by atoms with Gasteiger partial charge in [-0.3, -0.25) is 9.59 Å². The van der Waals surface area contributed by atoms with Gasteiger partial charge in [-0.25, -0.2) is 0 Å². The fourth-order valence-electron chi connectivity index (χ4n) is 3.18. The summed E-state index contributed by atoms with van der Waals surface area (Å²) >= 11 is 5.02. The van der Waals surface area contributed by atoms with E-state index in [-0.39, 0.29) is 17.4 Å². The van der Waals surface area contributed by atoms with Crippen molar-refractivity contribution in [2.75, 3.05) is 5.75 Å². The minimum absolute atomic E-state index is 0.0152. The highest BCUT2D eigenvalue weighted by molar-refractivity contribution is 9.10. The van der Waals surface area contributed by atoms with Gasteiger partial charge in [0.15, 0.2) is 0 Å². The van der Waals surface area contributed by atoms with Gasteiger partial charge in [-0.1, -0.05) is 64.8 Å². The molecular formula is C25H33BrN2O2S. The van der Waals surface area contributed by atoms with Crippen molar-refractivity contribution in [3.05, 3.63) is 69.7 Å². The molecule has 2 amide bonds. The average Bonchev–Trinajstić information content (AvgIpc) is 2.69. The molecule has 31 heavy (non-hydrogen) atoms. The zero-order valence-corrected chi connectivity index (χ0v) is 21.5. The number of hydrogen-bond donors (Lipinski definition) is 1. The monoisotopic (exact) mass is 504 g/mol. The van der Waals surface area contributed by atoms with Gasteiger partial charge in [0.05, 0.1) is 5.75 Å². The van der Waals surface area contributed by atoms with E-state index in [0.717, 1.165) is 15.8 Å². The van der Waals surface area contributed by atoms with Gasteiger partial charge < -0.3 is 10.2 Å². The molecule has 0 saturated carbocycles. The van der Waals surface area contributed by atoms with Crippen molar-refractivity contribution in [1.82, 2.24) is 10.2 Å². The Morgan fingerprint density at radius 1 is 1.03 bits per heavy atom. The third-order valence-electron chi connectivity index (χ3n) is 4.77. The van der Waals surface area contributed by atoms with E-state index in [4.69, 9.17) is 0 Å². The summed E-state index contributed by atoms with van der Waals surface area (Å²) in [4.78, 5) is 28.0. The molecule has 0 aliphatic heterocycles. The Balaban J connectivity index is 2.14. The van der Waals surface area contributed by atoms with Crippen LogP contribution in [0.4, 0.5) is 0 Å². The van der Waals surface area contributed by atoms with E-state index in [2.05, 4.69) is 33.4 Å². The van der Waals surface area contributed by atoms with Crippen LogP contribution in [0.2, 0.25) is 0 Å². The molecule has 168 valence electrons. The Morgan fingerprint density at radius 2 is 1.61 bits per heavy atom. The van der Waals surface area contributed by atoms with E-state index in [1.807, 2.05) is 71.0 Å². The van der Waals surface area contributed by atoms with Gasteiger partial charge >= 0.3 is 0 Å². The van der Waals surface area contributed by atoms with Crippen LogP contribution in [0, 0.1) is 6.92 Å². The topological polar surface area (TPSA) is 49.4 Å². The largest absolute Gasteiger partial charge is 0.350 e. The smallest absolute Gasteiger partial charge is 0.243 e. The standard InChI is InChI=1S/C25H33BrN2O2S/c1-6-22(24(30)27-25(3,4)5)28(15-19-9-7-18(2)8-10-19)23(29)17-31-16-20-11-13-21(26)14-12-20/h7-14,22H,6,15-17H2,1-5H3,(H,27,30)/t22-/m1/s1. The average molecular weight is 506 g/mol. The number of nitrogens with one attached hydrogen (secondary N) is 1. The molecule has 0 aromatic heterocycles. The molecule has 0 heterocycles. The van der Waals surface area contributed by atoms with Crippen molar-refractivity contribution in [2.45, 2.75) is 64.9 Å². The quantitative estimate of drug-likeness (QED) is 0.475. The molecule has 0 saturated heterocycles. The van der Waals surface area contributed by atoms with Crippen LogP contribution in [0.15, 0.2) is 53.0 Å². The summed E-state index contributed by atoms with van der Waals surface area (Å²) in [5.41, 5.74) is 3.02. The summed E-state index contributed by atoms with van der Waals surface area (Å²) in [7, 11) is 0. The molecule has 0 fully saturated rings. The lowest BCUT2D eigenvalue weighted by Gasteiger charge is -2.33. The highest BCUT2D eigenvalue weighted by atomic mass is 79.9. The highest BCUT2D eigenvalue weighted by Crippen LogP contribution is 2.19. The van der Waals surface area contributed by atoms with Crippen molar-refractivity contribution in [3.63, 3.8) is 0 Å². The molecule has 6 heteroatoms. The summed E-state index contributed by atoms with van der Waals surface area (Å²) in [6.07, 6.45) is 0.566. The van der Waals surface area contributed by atoms with Crippen LogP contribution in [0.1, 0.15) is 50.8 Å². The zero-order valence-electron chi connectivity index (χ0n) is 19.1. The van der Waals surface area contributed by atoms with E-state index in [9.17, 15) is 9.59 Å². The lowest BCUT2D eigenvalue weighted by atomic mass is 10.1. The highest BCUT2D eigenvalue weighted by Gasteiger charge is 2.30. The Labute approximate surface area is 199 Å². The number of carbonyl (C=O) groups is 2. The second-order valence-corrected chi connectivity index (χ2v) is 10.7. The number of amides is 2. The van der Waals surface area contributed by atoms with E-state index < -0.39 is 6.04 Å². The van der Waals surface area contributed by atoms with Crippen LogP contribution in [0.25, 0.3) is 0 Å². The second-order valence-electron chi connectivity index (χ2n) is 8.79. The maximum absolute atomic E-state index is 13.2. The Hall–Kier alpha value is -1.79. The predicted octanol–water partition coefficient (Wildman–Crippen LogP) is 5.71. The molecule has 0 radical (unpaired) electrons. The molecule has 0 bridgehead atoms. The number of thioether (sulfide) groups is 1. The van der Waals surface area contributed by atoms with Gasteiger partial charge in [0.2, 0.25) is 11.8 Å². The summed E-state index contributed by atoms with van der Waals surface area (Å²) in [6, 6.07) is 15.7. The molecule has 2 aromatic carbocycles. The lowest BCUT2D eigenvalue weighted by molar-refractivity contribution is -0.140. The minimum atomic E-state index is -0.499. The summed E-state index contributed by atoms with van der Waals surface area (Å²) in [5, 5.41) is 3.04. The zero-order chi connectivity index (χ0) is 23.0. The third kappa shape index (κ3) is 8.69. The van der Waals surface area contributed by atoms with Crippen molar-refractivity contribution in [2.24, 2.45) is 0 Å². The second kappa shape index (κ2) is 11.7. The summed E-state index contributed by atoms with van der Waals surface area (Å²) in [5.74, 6) is 0.968. The molecule has 2 rings (SSSR count). The Morgan fingerprint density at radius 3 is 2.16 bits per heavy atom. The van der Waals surface area contributed by atoms with Crippen LogP contribution < -0.4 is 5.32 Å². The first kappa shape index (κ1) is 25.5. The van der Waals surface area contributed by atoms with Crippen LogP contribution >= 0.6 is 27.7 Å². The van der Waals surface area contributed by atoms with E-state index >= 15 is 0 Å². The van der Waals surface area contributed by atoms with E-state index in [0.29, 0.717) is 18.7 Å². The first-order chi connectivity index (χ1) is 14.6. The first-order valence-electron chi connectivity index (χ1n) is 10.6. The number of hydrogen-bond acceptors (Lipinski definition) is 3. The minimum Gasteiger partial charge on any atom is -0.350 e. The normalized spacial score (nSPS) is 12.3. The van der Waals surface area contributed by atoms with Crippen LogP contribution in [-0.4, -0.2) is 34.0 Å². The molecule has 4 nitrogen and oxygen atoms in total. The SMILES string of the molecule is CC[C@H](C(=O)NC(C)(C)C)N(Cc1ccc(C)cc1)C(=O)CSCc1ccc(Br)cc1. The molecule has 1 N–H and O–H groups in total.